The minimum Gasteiger partial charge on any atom is -0.444 e. The Morgan fingerprint density at radius 2 is 1.76 bits per heavy atom. The Labute approximate surface area is 155 Å². The molecule has 1 amide bonds. The molecule has 25 heavy (non-hydrogen) atoms. The number of nitrogens with one attached hydrogen (secondary N) is 1. The van der Waals surface area contributed by atoms with Gasteiger partial charge in [-0.05, 0) is 64.3 Å². The number of carbonyl (C=O) groups excluding carboxylic acids is 1. The minimum atomic E-state index is -0.415. The molecule has 0 aromatic carbocycles. The molecule has 1 atom stereocenters. The van der Waals surface area contributed by atoms with Gasteiger partial charge in [0, 0.05) is 19.6 Å². The minimum absolute atomic E-state index is 0.154. The molecule has 0 radical (unpaired) electrons. The maximum absolute atomic E-state index is 12.4. The summed E-state index contributed by atoms with van der Waals surface area (Å²) in [6.45, 7) is 11.9. The second-order valence-corrected chi connectivity index (χ2v) is 9.66. The topological polar surface area (TPSA) is 41.6 Å². The SMILES string of the molecule is CC1(CNCC2CCCCCCC2)CCCN(C(=O)OC(C)(C)C)C1. The Hall–Kier alpha value is -0.770. The van der Waals surface area contributed by atoms with E-state index in [1.54, 1.807) is 0 Å². The predicted molar refractivity (Wildman–Crippen MR) is 104 cm³/mol. The van der Waals surface area contributed by atoms with Crippen molar-refractivity contribution in [2.75, 3.05) is 26.2 Å². The van der Waals surface area contributed by atoms with E-state index in [-0.39, 0.29) is 11.5 Å². The van der Waals surface area contributed by atoms with E-state index in [0.29, 0.717) is 0 Å². The van der Waals surface area contributed by atoms with Crippen LogP contribution in [0.3, 0.4) is 0 Å². The first-order valence-corrected chi connectivity index (χ1v) is 10.5. The van der Waals surface area contributed by atoms with E-state index in [1.165, 1.54) is 51.4 Å². The Kier molecular flexibility index (Phi) is 7.60. The average Bonchev–Trinajstić information content (AvgIpc) is 2.47. The second kappa shape index (κ2) is 9.25. The second-order valence-electron chi connectivity index (χ2n) is 9.66. The molecule has 2 rings (SSSR count). The molecule has 2 aliphatic rings. The van der Waals surface area contributed by atoms with Gasteiger partial charge in [0.15, 0.2) is 0 Å². The highest BCUT2D eigenvalue weighted by Crippen LogP contribution is 2.30. The monoisotopic (exact) mass is 352 g/mol. The van der Waals surface area contributed by atoms with Crippen molar-refractivity contribution in [1.82, 2.24) is 10.2 Å². The summed E-state index contributed by atoms with van der Waals surface area (Å²) >= 11 is 0. The van der Waals surface area contributed by atoms with Crippen LogP contribution in [0.4, 0.5) is 4.79 Å². The van der Waals surface area contributed by atoms with Gasteiger partial charge in [0.05, 0.1) is 0 Å². The highest BCUT2D eigenvalue weighted by Gasteiger charge is 2.34. The van der Waals surface area contributed by atoms with E-state index >= 15 is 0 Å². The lowest BCUT2D eigenvalue weighted by Crippen LogP contribution is -2.50. The van der Waals surface area contributed by atoms with Crippen LogP contribution in [0.1, 0.15) is 85.5 Å². The Bertz CT molecular complexity index is 411. The molecule has 1 saturated heterocycles. The third-order valence-corrected chi connectivity index (χ3v) is 5.64. The lowest BCUT2D eigenvalue weighted by molar-refractivity contribution is 0.00667. The molecule has 0 aromatic heterocycles. The molecule has 0 spiro atoms. The molecule has 0 bridgehead atoms. The molecule has 1 saturated carbocycles. The van der Waals surface area contributed by atoms with Gasteiger partial charge in [0.25, 0.3) is 0 Å². The Morgan fingerprint density at radius 1 is 1.12 bits per heavy atom. The van der Waals surface area contributed by atoms with E-state index < -0.39 is 5.60 Å². The van der Waals surface area contributed by atoms with Gasteiger partial charge in [-0.1, -0.05) is 39.0 Å². The van der Waals surface area contributed by atoms with Crippen molar-refractivity contribution in [3.05, 3.63) is 0 Å². The van der Waals surface area contributed by atoms with Crippen molar-refractivity contribution in [3.8, 4) is 0 Å². The summed E-state index contributed by atoms with van der Waals surface area (Å²) < 4.78 is 5.56. The van der Waals surface area contributed by atoms with Crippen LogP contribution in [0, 0.1) is 11.3 Å². The van der Waals surface area contributed by atoms with Crippen LogP contribution in [0.2, 0.25) is 0 Å². The van der Waals surface area contributed by atoms with Gasteiger partial charge >= 0.3 is 6.09 Å². The molecule has 0 aromatic rings. The van der Waals surface area contributed by atoms with E-state index in [0.717, 1.165) is 38.5 Å². The maximum atomic E-state index is 12.4. The zero-order valence-corrected chi connectivity index (χ0v) is 17.0. The van der Waals surface area contributed by atoms with Crippen molar-refractivity contribution in [3.63, 3.8) is 0 Å². The molecule has 4 nitrogen and oxygen atoms in total. The van der Waals surface area contributed by atoms with E-state index in [2.05, 4.69) is 12.2 Å². The fourth-order valence-electron chi connectivity index (χ4n) is 4.27. The first-order valence-electron chi connectivity index (χ1n) is 10.5. The molecule has 1 heterocycles. The van der Waals surface area contributed by atoms with Crippen LogP contribution in [0.5, 0.6) is 0 Å². The average molecular weight is 353 g/mol. The lowest BCUT2D eigenvalue weighted by Gasteiger charge is -2.41. The number of carbonyl (C=O) groups is 1. The van der Waals surface area contributed by atoms with Crippen LogP contribution in [-0.4, -0.2) is 42.8 Å². The largest absolute Gasteiger partial charge is 0.444 e. The van der Waals surface area contributed by atoms with E-state index in [1.807, 2.05) is 25.7 Å². The van der Waals surface area contributed by atoms with Crippen molar-refractivity contribution >= 4 is 6.09 Å². The quantitative estimate of drug-likeness (QED) is 0.776. The maximum Gasteiger partial charge on any atom is 0.410 e. The fourth-order valence-corrected chi connectivity index (χ4v) is 4.27. The molecule has 146 valence electrons. The first kappa shape index (κ1) is 20.5. The van der Waals surface area contributed by atoms with Gasteiger partial charge in [0.2, 0.25) is 0 Å². The third-order valence-electron chi connectivity index (χ3n) is 5.64. The number of ether oxygens (including phenoxy) is 1. The number of hydrogen-bond acceptors (Lipinski definition) is 3. The molecule has 4 heteroatoms. The molecule has 1 aliphatic heterocycles. The summed E-state index contributed by atoms with van der Waals surface area (Å²) in [4.78, 5) is 14.3. The summed E-state index contributed by atoms with van der Waals surface area (Å²) in [5, 5.41) is 3.74. The van der Waals surface area contributed by atoms with Crippen LogP contribution in [-0.2, 0) is 4.74 Å². The van der Waals surface area contributed by atoms with Gasteiger partial charge in [-0.3, -0.25) is 0 Å². The number of rotatable bonds is 4. The normalized spacial score (nSPS) is 26.8. The van der Waals surface area contributed by atoms with E-state index in [9.17, 15) is 4.79 Å². The van der Waals surface area contributed by atoms with Gasteiger partial charge in [0.1, 0.15) is 5.60 Å². The first-order chi connectivity index (χ1) is 11.8. The van der Waals surface area contributed by atoms with Crippen LogP contribution in [0.25, 0.3) is 0 Å². The van der Waals surface area contributed by atoms with Crippen molar-refractivity contribution in [1.29, 1.82) is 0 Å². The lowest BCUT2D eigenvalue weighted by atomic mass is 9.81. The molecule has 2 fully saturated rings. The van der Waals surface area contributed by atoms with Crippen molar-refractivity contribution < 1.29 is 9.53 Å². The van der Waals surface area contributed by atoms with Crippen molar-refractivity contribution in [2.45, 2.75) is 91.1 Å². The smallest absolute Gasteiger partial charge is 0.410 e. The van der Waals surface area contributed by atoms with Crippen molar-refractivity contribution in [2.24, 2.45) is 11.3 Å². The highest BCUT2D eigenvalue weighted by molar-refractivity contribution is 5.68. The third kappa shape index (κ3) is 7.55. The Balaban J connectivity index is 1.76. The van der Waals surface area contributed by atoms with Crippen LogP contribution >= 0.6 is 0 Å². The molecular weight excluding hydrogens is 312 g/mol. The number of amides is 1. The van der Waals surface area contributed by atoms with Gasteiger partial charge in [-0.15, -0.1) is 0 Å². The standard InChI is InChI=1S/C21H40N2O2/c1-20(2,3)25-19(24)23-14-10-13-21(4,17-23)16-22-15-18-11-8-6-5-7-9-12-18/h18,22H,5-17H2,1-4H3. The van der Waals surface area contributed by atoms with Crippen LogP contribution in [0.15, 0.2) is 0 Å². The van der Waals surface area contributed by atoms with Gasteiger partial charge < -0.3 is 15.0 Å². The number of likely N-dealkylation sites (tertiary alicyclic amines) is 1. The summed E-state index contributed by atoms with van der Waals surface area (Å²) in [7, 11) is 0. The summed E-state index contributed by atoms with van der Waals surface area (Å²) in [5.74, 6) is 0.842. The zero-order valence-electron chi connectivity index (χ0n) is 17.0. The van der Waals surface area contributed by atoms with Gasteiger partial charge in [-0.2, -0.15) is 0 Å². The summed E-state index contributed by atoms with van der Waals surface area (Å²) in [6.07, 6.45) is 11.9. The number of piperidine rings is 1. The molecule has 1 N–H and O–H groups in total. The summed E-state index contributed by atoms with van der Waals surface area (Å²) in [6, 6.07) is 0. The zero-order chi connectivity index (χ0) is 18.3. The predicted octanol–water partition coefficient (Wildman–Crippen LogP) is 4.97. The number of hydrogen-bond donors (Lipinski definition) is 1. The molecule has 1 aliphatic carbocycles. The Morgan fingerprint density at radius 3 is 2.40 bits per heavy atom. The number of nitrogens with zero attached hydrogens (tertiary/aromatic N) is 1. The summed E-state index contributed by atoms with van der Waals surface area (Å²) in [5.41, 5.74) is -0.252. The van der Waals surface area contributed by atoms with Crippen LogP contribution < -0.4 is 5.32 Å². The molecular formula is C21H40N2O2. The fraction of sp³-hybridized carbons (Fsp3) is 0.952. The van der Waals surface area contributed by atoms with Gasteiger partial charge in [-0.25, -0.2) is 4.79 Å². The highest BCUT2D eigenvalue weighted by atomic mass is 16.6. The van der Waals surface area contributed by atoms with E-state index in [4.69, 9.17) is 4.74 Å². The molecule has 1 unspecified atom stereocenters.